The smallest absolute Gasteiger partial charge is 0.0408 e. The maximum absolute atomic E-state index is 6.26. The van der Waals surface area contributed by atoms with Crippen molar-refractivity contribution < 1.29 is 0 Å². The lowest BCUT2D eigenvalue weighted by Gasteiger charge is -2.36. The Morgan fingerprint density at radius 2 is 1.82 bits per heavy atom. The molecule has 0 N–H and O–H groups in total. The summed E-state index contributed by atoms with van der Waals surface area (Å²) in [5, 5.41) is 1.66. The summed E-state index contributed by atoms with van der Waals surface area (Å²) < 4.78 is 0. The van der Waals surface area contributed by atoms with Crippen molar-refractivity contribution in [2.45, 2.75) is 12.3 Å². The molecule has 0 radical (unpaired) electrons. The van der Waals surface area contributed by atoms with Crippen LogP contribution < -0.4 is 0 Å². The lowest BCUT2D eigenvalue weighted by molar-refractivity contribution is 0.351. The van der Waals surface area contributed by atoms with Crippen LogP contribution in [0.1, 0.15) is 22.6 Å². The molecular formula is C19H19Cl2N. The fraction of sp³-hybridized carbons (Fsp3) is 0.368. The summed E-state index contributed by atoms with van der Waals surface area (Å²) in [4.78, 5) is 2.46. The van der Waals surface area contributed by atoms with Gasteiger partial charge in [0.15, 0.2) is 0 Å². The van der Waals surface area contributed by atoms with Crippen LogP contribution in [0, 0.1) is 11.8 Å². The SMILES string of the molecule is CN1CC2Cc3cc(Cl)ccc3C(c3cccc(Cl)c3)C2C1. The summed E-state index contributed by atoms with van der Waals surface area (Å²) in [5.41, 5.74) is 4.18. The van der Waals surface area contributed by atoms with Gasteiger partial charge in [-0.25, -0.2) is 0 Å². The fourth-order valence-corrected chi connectivity index (χ4v) is 4.80. The first-order chi connectivity index (χ1) is 10.6. The van der Waals surface area contributed by atoms with E-state index in [0.717, 1.165) is 23.0 Å². The van der Waals surface area contributed by atoms with Crippen LogP contribution in [-0.4, -0.2) is 25.0 Å². The highest BCUT2D eigenvalue weighted by molar-refractivity contribution is 6.31. The molecule has 4 rings (SSSR count). The van der Waals surface area contributed by atoms with Crippen LogP contribution >= 0.6 is 23.2 Å². The zero-order valence-corrected chi connectivity index (χ0v) is 14.1. The Hall–Kier alpha value is -1.02. The maximum atomic E-state index is 6.26. The van der Waals surface area contributed by atoms with Crippen molar-refractivity contribution >= 4 is 23.2 Å². The zero-order valence-electron chi connectivity index (χ0n) is 12.6. The van der Waals surface area contributed by atoms with Crippen LogP contribution in [0.25, 0.3) is 0 Å². The van der Waals surface area contributed by atoms with E-state index in [0.29, 0.717) is 17.8 Å². The van der Waals surface area contributed by atoms with E-state index in [-0.39, 0.29) is 0 Å². The second-order valence-electron chi connectivity index (χ2n) is 6.73. The highest BCUT2D eigenvalue weighted by Gasteiger charge is 2.42. The average molecular weight is 332 g/mol. The molecule has 2 aromatic carbocycles. The minimum absolute atomic E-state index is 0.426. The van der Waals surface area contributed by atoms with E-state index in [1.165, 1.54) is 23.2 Å². The van der Waals surface area contributed by atoms with Crippen molar-refractivity contribution in [3.63, 3.8) is 0 Å². The van der Waals surface area contributed by atoms with Crippen LogP contribution in [-0.2, 0) is 6.42 Å². The van der Waals surface area contributed by atoms with Crippen LogP contribution in [0.15, 0.2) is 42.5 Å². The zero-order chi connectivity index (χ0) is 15.3. The van der Waals surface area contributed by atoms with E-state index in [1.54, 1.807) is 0 Å². The molecule has 0 aromatic heterocycles. The number of hydrogen-bond donors (Lipinski definition) is 0. The van der Waals surface area contributed by atoms with E-state index in [4.69, 9.17) is 23.2 Å². The summed E-state index contributed by atoms with van der Waals surface area (Å²) in [6.45, 7) is 2.33. The molecule has 3 unspecified atom stereocenters. The Morgan fingerprint density at radius 1 is 1.00 bits per heavy atom. The van der Waals surface area contributed by atoms with Crippen LogP contribution in [0.2, 0.25) is 10.0 Å². The van der Waals surface area contributed by atoms with Gasteiger partial charge >= 0.3 is 0 Å². The molecular weight excluding hydrogens is 313 g/mol. The normalized spacial score (nSPS) is 27.5. The topological polar surface area (TPSA) is 3.24 Å². The van der Waals surface area contributed by atoms with E-state index < -0.39 is 0 Å². The molecule has 3 heteroatoms. The van der Waals surface area contributed by atoms with Crippen LogP contribution in [0.3, 0.4) is 0 Å². The Balaban J connectivity index is 1.86. The highest BCUT2D eigenvalue weighted by atomic mass is 35.5. The van der Waals surface area contributed by atoms with Gasteiger partial charge in [0, 0.05) is 29.1 Å². The number of benzene rings is 2. The molecule has 1 nitrogen and oxygen atoms in total. The summed E-state index contributed by atoms with van der Waals surface area (Å²) in [6, 6.07) is 14.8. The number of fused-ring (bicyclic) bond motifs is 2. The van der Waals surface area contributed by atoms with Crippen molar-refractivity contribution in [3.8, 4) is 0 Å². The molecule has 1 heterocycles. The number of nitrogens with zero attached hydrogens (tertiary/aromatic N) is 1. The third-order valence-electron chi connectivity index (χ3n) is 5.23. The standard InChI is InChI=1S/C19H19Cl2N/c1-22-10-14-7-13-9-16(21)5-6-17(13)19(18(14)11-22)12-3-2-4-15(20)8-12/h2-6,8-9,14,18-19H,7,10-11H2,1H3. The van der Waals surface area contributed by atoms with Gasteiger partial charge < -0.3 is 4.90 Å². The second-order valence-corrected chi connectivity index (χ2v) is 7.60. The minimum Gasteiger partial charge on any atom is -0.306 e. The quantitative estimate of drug-likeness (QED) is 0.721. The molecule has 1 saturated heterocycles. The summed E-state index contributed by atoms with van der Waals surface area (Å²) in [7, 11) is 2.23. The minimum atomic E-state index is 0.426. The Labute approximate surface area is 141 Å². The Bertz CT molecular complexity index is 712. The second kappa shape index (κ2) is 5.56. The molecule has 1 aliphatic carbocycles. The first kappa shape index (κ1) is 14.6. The van der Waals surface area contributed by atoms with Crippen LogP contribution in [0.5, 0.6) is 0 Å². The van der Waals surface area contributed by atoms with Crippen molar-refractivity contribution in [1.82, 2.24) is 4.90 Å². The highest BCUT2D eigenvalue weighted by Crippen LogP contribution is 2.47. The molecule has 3 atom stereocenters. The predicted octanol–water partition coefficient (Wildman–Crippen LogP) is 4.86. The fourth-order valence-electron chi connectivity index (χ4n) is 4.41. The van der Waals surface area contributed by atoms with Gasteiger partial charge in [-0.2, -0.15) is 0 Å². The van der Waals surface area contributed by atoms with Crippen molar-refractivity contribution in [3.05, 3.63) is 69.2 Å². The number of halogens is 2. The molecule has 0 amide bonds. The molecule has 2 aliphatic rings. The molecule has 0 spiro atoms. The maximum Gasteiger partial charge on any atom is 0.0408 e. The third kappa shape index (κ3) is 2.46. The Morgan fingerprint density at radius 3 is 2.64 bits per heavy atom. The van der Waals surface area contributed by atoms with Gasteiger partial charge in [-0.3, -0.25) is 0 Å². The van der Waals surface area contributed by atoms with E-state index in [1.807, 2.05) is 12.1 Å². The lowest BCUT2D eigenvalue weighted by Crippen LogP contribution is -2.29. The molecule has 0 bridgehead atoms. The van der Waals surface area contributed by atoms with Crippen molar-refractivity contribution in [1.29, 1.82) is 0 Å². The number of hydrogen-bond acceptors (Lipinski definition) is 1. The van der Waals surface area contributed by atoms with Crippen molar-refractivity contribution in [2.75, 3.05) is 20.1 Å². The molecule has 114 valence electrons. The van der Waals surface area contributed by atoms with Gasteiger partial charge in [0.05, 0.1) is 0 Å². The Kier molecular flexibility index (Phi) is 3.68. The predicted molar refractivity (Wildman–Crippen MR) is 92.9 cm³/mol. The van der Waals surface area contributed by atoms with Gasteiger partial charge in [0.25, 0.3) is 0 Å². The summed E-state index contributed by atoms with van der Waals surface area (Å²) >= 11 is 12.5. The first-order valence-corrected chi connectivity index (χ1v) is 8.60. The summed E-state index contributed by atoms with van der Waals surface area (Å²) in [5.74, 6) is 1.80. The first-order valence-electron chi connectivity index (χ1n) is 7.84. The van der Waals surface area contributed by atoms with Crippen molar-refractivity contribution in [2.24, 2.45) is 11.8 Å². The molecule has 0 saturated carbocycles. The summed E-state index contributed by atoms with van der Waals surface area (Å²) in [6.07, 6.45) is 1.14. The lowest BCUT2D eigenvalue weighted by atomic mass is 9.68. The molecule has 2 aromatic rings. The third-order valence-corrected chi connectivity index (χ3v) is 5.70. The van der Waals surface area contributed by atoms with E-state index >= 15 is 0 Å². The van der Waals surface area contributed by atoms with Gasteiger partial charge in [-0.05, 0) is 66.3 Å². The average Bonchev–Trinajstić information content (AvgIpc) is 2.84. The van der Waals surface area contributed by atoms with Gasteiger partial charge in [-0.15, -0.1) is 0 Å². The van der Waals surface area contributed by atoms with E-state index in [2.05, 4.69) is 42.3 Å². The number of rotatable bonds is 1. The molecule has 1 aliphatic heterocycles. The molecule has 22 heavy (non-hydrogen) atoms. The molecule has 1 fully saturated rings. The van der Waals surface area contributed by atoms with E-state index in [9.17, 15) is 0 Å². The monoisotopic (exact) mass is 331 g/mol. The number of likely N-dealkylation sites (tertiary alicyclic amines) is 1. The van der Waals surface area contributed by atoms with Crippen LogP contribution in [0.4, 0.5) is 0 Å². The van der Waals surface area contributed by atoms with Gasteiger partial charge in [0.2, 0.25) is 0 Å². The largest absolute Gasteiger partial charge is 0.306 e. The van der Waals surface area contributed by atoms with Gasteiger partial charge in [-0.1, -0.05) is 41.4 Å². The van der Waals surface area contributed by atoms with Gasteiger partial charge in [0.1, 0.15) is 0 Å².